The first kappa shape index (κ1) is 13.9. The molecule has 3 N–H and O–H groups in total. The van der Waals surface area contributed by atoms with Crippen LogP contribution in [0.25, 0.3) is 0 Å². The molecule has 1 saturated heterocycles. The number of carbonyl (C=O) groups is 1. The molecule has 2 rings (SSSR count). The molecule has 0 atom stereocenters. The van der Waals surface area contributed by atoms with Crippen LogP contribution in [0.4, 0.5) is 11.4 Å². The Hall–Kier alpha value is -1.55. The summed E-state index contributed by atoms with van der Waals surface area (Å²) in [6, 6.07) is 5.66. The summed E-state index contributed by atoms with van der Waals surface area (Å²) in [5, 5.41) is 2.90. The van der Waals surface area contributed by atoms with E-state index in [0.29, 0.717) is 18.0 Å². The molecule has 1 amide bonds. The van der Waals surface area contributed by atoms with E-state index in [1.54, 1.807) is 0 Å². The van der Waals surface area contributed by atoms with Gasteiger partial charge in [-0.1, -0.05) is 6.07 Å². The van der Waals surface area contributed by atoms with Crippen LogP contribution < -0.4 is 11.1 Å². The van der Waals surface area contributed by atoms with Crippen LogP contribution in [0.1, 0.15) is 31.2 Å². The first-order valence-corrected chi connectivity index (χ1v) is 6.89. The summed E-state index contributed by atoms with van der Waals surface area (Å²) in [5.41, 5.74) is 8.27. The number of amides is 1. The summed E-state index contributed by atoms with van der Waals surface area (Å²) < 4.78 is 5.31. The lowest BCUT2D eigenvalue weighted by molar-refractivity contribution is -0.116. The summed E-state index contributed by atoms with van der Waals surface area (Å²) in [5.74, 6) is 0.665. The Kier molecular flexibility index (Phi) is 4.80. The second-order valence-electron chi connectivity index (χ2n) is 5.23. The fourth-order valence-electron chi connectivity index (χ4n) is 2.36. The van der Waals surface area contributed by atoms with Gasteiger partial charge in [-0.2, -0.15) is 0 Å². The standard InChI is InChI=1S/C15H22N2O2/c1-11-2-4-13(16)14(10-11)17-15(18)5-3-12-6-8-19-9-7-12/h2,4,10,12H,3,5-9,16H2,1H3,(H,17,18). The van der Waals surface area contributed by atoms with Crippen LogP contribution in [-0.4, -0.2) is 19.1 Å². The van der Waals surface area contributed by atoms with Gasteiger partial charge in [-0.25, -0.2) is 0 Å². The van der Waals surface area contributed by atoms with Crippen molar-refractivity contribution in [2.24, 2.45) is 5.92 Å². The molecule has 0 spiro atoms. The first-order valence-electron chi connectivity index (χ1n) is 6.89. The lowest BCUT2D eigenvalue weighted by atomic mass is 9.95. The van der Waals surface area contributed by atoms with Gasteiger partial charge < -0.3 is 15.8 Å². The van der Waals surface area contributed by atoms with Crippen LogP contribution in [0.5, 0.6) is 0 Å². The smallest absolute Gasteiger partial charge is 0.224 e. The molecule has 0 bridgehead atoms. The Labute approximate surface area is 114 Å². The number of rotatable bonds is 4. The van der Waals surface area contributed by atoms with Crippen LogP contribution in [0.15, 0.2) is 18.2 Å². The Morgan fingerprint density at radius 3 is 2.89 bits per heavy atom. The summed E-state index contributed by atoms with van der Waals surface area (Å²) in [6.07, 6.45) is 3.62. The largest absolute Gasteiger partial charge is 0.397 e. The van der Waals surface area contributed by atoms with Crippen LogP contribution in [-0.2, 0) is 9.53 Å². The molecule has 1 fully saturated rings. The molecule has 1 aromatic carbocycles. The van der Waals surface area contributed by atoms with Crippen LogP contribution in [0.3, 0.4) is 0 Å². The number of nitrogen functional groups attached to an aromatic ring is 1. The van der Waals surface area contributed by atoms with Crippen molar-refractivity contribution in [2.45, 2.75) is 32.6 Å². The average Bonchev–Trinajstić information content (AvgIpc) is 2.42. The van der Waals surface area contributed by atoms with Gasteiger partial charge in [0.15, 0.2) is 0 Å². The van der Waals surface area contributed by atoms with Gasteiger partial charge in [0.25, 0.3) is 0 Å². The van der Waals surface area contributed by atoms with Gasteiger partial charge in [-0.3, -0.25) is 4.79 Å². The molecule has 4 heteroatoms. The van der Waals surface area contributed by atoms with E-state index in [-0.39, 0.29) is 5.91 Å². The number of nitrogens with one attached hydrogen (secondary N) is 1. The molecule has 19 heavy (non-hydrogen) atoms. The third-order valence-electron chi connectivity index (χ3n) is 3.60. The maximum atomic E-state index is 11.9. The predicted molar refractivity (Wildman–Crippen MR) is 77.0 cm³/mol. The maximum Gasteiger partial charge on any atom is 0.224 e. The zero-order valence-electron chi connectivity index (χ0n) is 11.4. The Morgan fingerprint density at radius 2 is 2.16 bits per heavy atom. The molecule has 1 heterocycles. The highest BCUT2D eigenvalue weighted by Gasteiger charge is 2.15. The highest BCUT2D eigenvalue weighted by molar-refractivity contribution is 5.93. The second-order valence-corrected chi connectivity index (χ2v) is 5.23. The molecule has 0 aromatic heterocycles. The molecule has 0 unspecified atom stereocenters. The fourth-order valence-corrected chi connectivity index (χ4v) is 2.36. The third-order valence-corrected chi connectivity index (χ3v) is 3.60. The number of benzene rings is 1. The number of ether oxygens (including phenoxy) is 1. The zero-order valence-corrected chi connectivity index (χ0v) is 11.4. The second kappa shape index (κ2) is 6.57. The van der Waals surface area contributed by atoms with Gasteiger partial charge in [-0.15, -0.1) is 0 Å². The van der Waals surface area contributed by atoms with Crippen molar-refractivity contribution in [1.29, 1.82) is 0 Å². The topological polar surface area (TPSA) is 64.3 Å². The number of carbonyl (C=O) groups excluding carboxylic acids is 1. The number of hydrogen-bond donors (Lipinski definition) is 2. The molecule has 104 valence electrons. The molecule has 1 aliphatic heterocycles. The van der Waals surface area contributed by atoms with E-state index in [2.05, 4.69) is 5.32 Å². The lowest BCUT2D eigenvalue weighted by Gasteiger charge is -2.21. The Morgan fingerprint density at radius 1 is 1.42 bits per heavy atom. The highest BCUT2D eigenvalue weighted by atomic mass is 16.5. The van der Waals surface area contributed by atoms with Gasteiger partial charge >= 0.3 is 0 Å². The van der Waals surface area contributed by atoms with Crippen molar-refractivity contribution in [1.82, 2.24) is 0 Å². The average molecular weight is 262 g/mol. The molecular formula is C15H22N2O2. The summed E-state index contributed by atoms with van der Waals surface area (Å²) in [6.45, 7) is 3.64. The number of anilines is 2. The Bertz CT molecular complexity index is 440. The normalized spacial score (nSPS) is 16.3. The SMILES string of the molecule is Cc1ccc(N)c(NC(=O)CCC2CCOCC2)c1. The minimum absolute atomic E-state index is 0.0452. The van der Waals surface area contributed by atoms with E-state index in [1.807, 2.05) is 25.1 Å². The van der Waals surface area contributed by atoms with E-state index in [1.165, 1.54) is 0 Å². The summed E-state index contributed by atoms with van der Waals surface area (Å²) in [4.78, 5) is 11.9. The molecular weight excluding hydrogens is 240 g/mol. The van der Waals surface area contributed by atoms with Gasteiger partial charge in [0.05, 0.1) is 11.4 Å². The quantitative estimate of drug-likeness (QED) is 0.820. The first-order chi connectivity index (χ1) is 9.15. The van der Waals surface area contributed by atoms with Crippen molar-refractivity contribution in [3.8, 4) is 0 Å². The number of hydrogen-bond acceptors (Lipinski definition) is 3. The van der Waals surface area contributed by atoms with Crippen LogP contribution >= 0.6 is 0 Å². The minimum atomic E-state index is 0.0452. The van der Waals surface area contributed by atoms with Gasteiger partial charge in [-0.05, 0) is 49.8 Å². The maximum absolute atomic E-state index is 11.9. The van der Waals surface area contributed by atoms with Crippen molar-refractivity contribution >= 4 is 17.3 Å². The molecule has 1 aromatic rings. The van der Waals surface area contributed by atoms with E-state index in [0.717, 1.165) is 43.7 Å². The summed E-state index contributed by atoms with van der Waals surface area (Å²) in [7, 11) is 0. The highest BCUT2D eigenvalue weighted by Crippen LogP contribution is 2.22. The molecule has 1 aliphatic rings. The van der Waals surface area contributed by atoms with Crippen molar-refractivity contribution < 1.29 is 9.53 Å². The van der Waals surface area contributed by atoms with Crippen molar-refractivity contribution in [3.05, 3.63) is 23.8 Å². The lowest BCUT2D eigenvalue weighted by Crippen LogP contribution is -2.19. The van der Waals surface area contributed by atoms with E-state index < -0.39 is 0 Å². The van der Waals surface area contributed by atoms with Gasteiger partial charge in [0.2, 0.25) is 5.91 Å². The van der Waals surface area contributed by atoms with E-state index >= 15 is 0 Å². The monoisotopic (exact) mass is 262 g/mol. The van der Waals surface area contributed by atoms with Crippen molar-refractivity contribution in [3.63, 3.8) is 0 Å². The van der Waals surface area contributed by atoms with E-state index in [4.69, 9.17) is 10.5 Å². The molecule has 0 radical (unpaired) electrons. The van der Waals surface area contributed by atoms with Crippen LogP contribution in [0, 0.1) is 12.8 Å². The third kappa shape index (κ3) is 4.24. The number of nitrogens with two attached hydrogens (primary N) is 1. The summed E-state index contributed by atoms with van der Waals surface area (Å²) >= 11 is 0. The predicted octanol–water partition coefficient (Wildman–Crippen LogP) is 2.72. The van der Waals surface area contributed by atoms with E-state index in [9.17, 15) is 4.79 Å². The van der Waals surface area contributed by atoms with Crippen LogP contribution in [0.2, 0.25) is 0 Å². The van der Waals surface area contributed by atoms with Crippen molar-refractivity contribution in [2.75, 3.05) is 24.3 Å². The minimum Gasteiger partial charge on any atom is -0.397 e. The molecule has 0 saturated carbocycles. The zero-order chi connectivity index (χ0) is 13.7. The van der Waals surface area contributed by atoms with Gasteiger partial charge in [0, 0.05) is 19.6 Å². The molecule has 0 aliphatic carbocycles. The Balaban J connectivity index is 1.81. The fraction of sp³-hybridized carbons (Fsp3) is 0.533. The number of aryl methyl sites for hydroxylation is 1. The van der Waals surface area contributed by atoms with Gasteiger partial charge in [0.1, 0.15) is 0 Å². The molecule has 4 nitrogen and oxygen atoms in total.